The number of rotatable bonds is 10. The number of hydrogen-bond donors (Lipinski definition) is 3. The van der Waals surface area contributed by atoms with Gasteiger partial charge in [0.25, 0.3) is 11.1 Å². The van der Waals surface area contributed by atoms with Crippen LogP contribution in [0.2, 0.25) is 0 Å². The van der Waals surface area contributed by atoms with Crippen molar-refractivity contribution in [2.75, 3.05) is 23.7 Å². The minimum absolute atomic E-state index is 0.0111. The van der Waals surface area contributed by atoms with Gasteiger partial charge in [-0.25, -0.2) is 9.78 Å². The van der Waals surface area contributed by atoms with Crippen LogP contribution in [-0.2, 0) is 13.6 Å². The minimum Gasteiger partial charge on any atom is -0.385 e. The van der Waals surface area contributed by atoms with Gasteiger partial charge in [0.15, 0.2) is 5.52 Å². The largest absolute Gasteiger partial charge is 0.385 e. The Morgan fingerprint density at radius 1 is 1.12 bits per heavy atom. The Kier molecular flexibility index (Phi) is 6.91. The maximum atomic E-state index is 12.9. The van der Waals surface area contributed by atoms with Crippen molar-refractivity contribution in [2.45, 2.75) is 49.0 Å². The van der Waals surface area contributed by atoms with Crippen molar-refractivity contribution < 1.29 is 0 Å². The molecule has 0 bridgehead atoms. The second-order valence-electron chi connectivity index (χ2n) is 8.69. The number of aromatic nitrogens is 4. The van der Waals surface area contributed by atoms with Gasteiger partial charge in [0.1, 0.15) is 5.52 Å². The molecule has 1 aromatic carbocycles. The van der Waals surface area contributed by atoms with E-state index in [-0.39, 0.29) is 17.0 Å². The van der Waals surface area contributed by atoms with Gasteiger partial charge in [0.2, 0.25) is 5.95 Å². The molecule has 3 aromatic rings. The Balaban J connectivity index is 1.47. The Hall–Kier alpha value is -2.63. The number of H-pyrrole nitrogens is 1. The molecule has 0 radical (unpaired) electrons. The average Bonchev–Trinajstić information content (AvgIpc) is 3.52. The molecule has 0 unspecified atom stereocenters. The zero-order valence-corrected chi connectivity index (χ0v) is 21.1. The predicted molar refractivity (Wildman–Crippen MR) is 140 cm³/mol. The van der Waals surface area contributed by atoms with Crippen molar-refractivity contribution in [3.8, 4) is 0 Å². The fourth-order valence-corrected chi connectivity index (χ4v) is 4.56. The number of benzene rings is 1. The molecule has 0 saturated heterocycles. The van der Waals surface area contributed by atoms with E-state index >= 15 is 0 Å². The zero-order valence-electron chi connectivity index (χ0n) is 18.9. The summed E-state index contributed by atoms with van der Waals surface area (Å²) in [6.45, 7) is 3.74. The second kappa shape index (κ2) is 9.70. The van der Waals surface area contributed by atoms with E-state index in [0.29, 0.717) is 16.5 Å². The highest BCUT2D eigenvalue weighted by molar-refractivity contribution is 14.1. The molecule has 2 heterocycles. The molecular formula is C23H29IN6O3. The van der Waals surface area contributed by atoms with E-state index in [0.717, 1.165) is 36.1 Å². The van der Waals surface area contributed by atoms with Crippen LogP contribution in [0.25, 0.3) is 11.0 Å². The Bertz CT molecular complexity index is 1340. The molecule has 1 fully saturated rings. The van der Waals surface area contributed by atoms with Crippen LogP contribution in [0, 0.1) is 6.92 Å². The van der Waals surface area contributed by atoms with Crippen molar-refractivity contribution in [3.05, 3.63) is 61.0 Å². The number of aryl methyl sites for hydroxylation is 2. The molecule has 0 atom stereocenters. The molecule has 3 N–H and O–H groups in total. The molecule has 176 valence electrons. The first kappa shape index (κ1) is 23.5. The molecule has 0 spiro atoms. The highest BCUT2D eigenvalue weighted by Gasteiger charge is 2.38. The van der Waals surface area contributed by atoms with Gasteiger partial charge in [0.05, 0.1) is 0 Å². The Labute approximate surface area is 204 Å². The van der Waals surface area contributed by atoms with Crippen LogP contribution in [0.1, 0.15) is 37.7 Å². The molecule has 4 rings (SSSR count). The number of alkyl halides is 1. The van der Waals surface area contributed by atoms with Crippen molar-refractivity contribution in [3.63, 3.8) is 0 Å². The number of fused-ring (bicyclic) bond motifs is 1. The third-order valence-electron chi connectivity index (χ3n) is 6.10. The topological polar surface area (TPSA) is 114 Å². The normalized spacial score (nSPS) is 14.4. The number of aromatic amines is 1. The van der Waals surface area contributed by atoms with E-state index in [2.05, 4.69) is 56.2 Å². The highest BCUT2D eigenvalue weighted by atomic mass is 127. The van der Waals surface area contributed by atoms with E-state index in [4.69, 9.17) is 0 Å². The molecule has 0 aliphatic heterocycles. The molecule has 10 heteroatoms. The fourth-order valence-electron chi connectivity index (χ4n) is 3.91. The first-order valence-corrected chi connectivity index (χ1v) is 12.3. The summed E-state index contributed by atoms with van der Waals surface area (Å²) in [6, 6.07) is 8.07. The van der Waals surface area contributed by atoms with Gasteiger partial charge >= 0.3 is 5.69 Å². The number of nitrogens with one attached hydrogen (secondary N) is 3. The zero-order chi connectivity index (χ0) is 23.6. The fraction of sp³-hybridized carbons (Fsp3) is 0.478. The van der Waals surface area contributed by atoms with E-state index in [1.165, 1.54) is 30.0 Å². The average molecular weight is 564 g/mol. The quantitative estimate of drug-likeness (QED) is 0.198. The first-order chi connectivity index (χ1) is 15.8. The summed E-state index contributed by atoms with van der Waals surface area (Å²) in [5.74, 6) is 0.231. The predicted octanol–water partition coefficient (Wildman–Crippen LogP) is 2.75. The lowest BCUT2D eigenvalue weighted by Crippen LogP contribution is -2.41. The third-order valence-corrected chi connectivity index (χ3v) is 7.71. The second-order valence-corrected chi connectivity index (χ2v) is 11.0. The SMILES string of the molecule is Cc1ccccc1NCCCNc1nc2c(=O)n(C)c(=O)n(CCCC3(I)CC3)c2c(=O)[nH]1. The van der Waals surface area contributed by atoms with Crippen LogP contribution >= 0.6 is 22.6 Å². The number of anilines is 2. The van der Waals surface area contributed by atoms with Crippen LogP contribution in [0.4, 0.5) is 11.6 Å². The van der Waals surface area contributed by atoms with E-state index < -0.39 is 16.8 Å². The molecule has 1 saturated carbocycles. The van der Waals surface area contributed by atoms with Crippen molar-refractivity contribution >= 4 is 45.3 Å². The summed E-state index contributed by atoms with van der Waals surface area (Å²) in [5, 5.41) is 6.47. The van der Waals surface area contributed by atoms with E-state index in [9.17, 15) is 14.4 Å². The summed E-state index contributed by atoms with van der Waals surface area (Å²) in [5.41, 5.74) is 0.802. The Morgan fingerprint density at radius 3 is 2.58 bits per heavy atom. The third kappa shape index (κ3) is 5.31. The number of halogens is 1. The van der Waals surface area contributed by atoms with Gasteiger partial charge in [-0.3, -0.25) is 23.7 Å². The standard InChI is InChI=1S/C23H29IN6O3/c1-15-7-3-4-8-16(15)25-12-6-13-26-21-27-17-18(19(31)28-21)30(22(33)29(2)20(17)32)14-5-9-23(24)10-11-23/h3-4,7-8,25H,5-6,9-14H2,1-2H3,(H2,26,27,28,31). The van der Waals surface area contributed by atoms with Crippen LogP contribution in [0.5, 0.6) is 0 Å². The lowest BCUT2D eigenvalue weighted by Gasteiger charge is -2.13. The Morgan fingerprint density at radius 2 is 1.85 bits per heavy atom. The van der Waals surface area contributed by atoms with Gasteiger partial charge < -0.3 is 10.6 Å². The van der Waals surface area contributed by atoms with Crippen molar-refractivity contribution in [2.24, 2.45) is 7.05 Å². The van der Waals surface area contributed by atoms with Crippen LogP contribution in [-0.4, -0.2) is 35.6 Å². The maximum Gasteiger partial charge on any atom is 0.331 e. The van der Waals surface area contributed by atoms with E-state index in [1.807, 2.05) is 18.2 Å². The van der Waals surface area contributed by atoms with E-state index in [1.54, 1.807) is 0 Å². The van der Waals surface area contributed by atoms with Crippen LogP contribution in [0.15, 0.2) is 38.6 Å². The van der Waals surface area contributed by atoms with Crippen molar-refractivity contribution in [1.29, 1.82) is 0 Å². The lowest BCUT2D eigenvalue weighted by molar-refractivity contribution is 0.566. The number of para-hydroxylation sites is 1. The van der Waals surface area contributed by atoms with Gasteiger partial charge in [-0.05, 0) is 50.7 Å². The summed E-state index contributed by atoms with van der Waals surface area (Å²) in [4.78, 5) is 45.3. The molecule has 2 aromatic heterocycles. The lowest BCUT2D eigenvalue weighted by atomic mass is 10.2. The summed E-state index contributed by atoms with van der Waals surface area (Å²) >= 11 is 2.47. The molecule has 1 aliphatic rings. The smallest absolute Gasteiger partial charge is 0.331 e. The highest BCUT2D eigenvalue weighted by Crippen LogP contribution is 2.48. The number of nitrogens with zero attached hydrogens (tertiary/aromatic N) is 3. The minimum atomic E-state index is -0.561. The van der Waals surface area contributed by atoms with Crippen LogP contribution < -0.4 is 27.4 Å². The monoisotopic (exact) mass is 564 g/mol. The van der Waals surface area contributed by atoms with Gasteiger partial charge in [-0.2, -0.15) is 0 Å². The maximum absolute atomic E-state index is 12.9. The molecule has 33 heavy (non-hydrogen) atoms. The number of hydrogen-bond acceptors (Lipinski definition) is 6. The van der Waals surface area contributed by atoms with Gasteiger partial charge in [-0.15, -0.1) is 0 Å². The summed E-state index contributed by atoms with van der Waals surface area (Å²) in [6.07, 6.45) is 4.91. The first-order valence-electron chi connectivity index (χ1n) is 11.3. The molecule has 1 aliphatic carbocycles. The van der Waals surface area contributed by atoms with Crippen LogP contribution in [0.3, 0.4) is 0 Å². The molecule has 9 nitrogen and oxygen atoms in total. The van der Waals surface area contributed by atoms with Crippen molar-refractivity contribution in [1.82, 2.24) is 19.1 Å². The molecular weight excluding hydrogens is 535 g/mol. The van der Waals surface area contributed by atoms with Gasteiger partial charge in [0, 0.05) is 35.8 Å². The molecule has 0 amide bonds. The summed E-state index contributed by atoms with van der Waals surface area (Å²) in [7, 11) is 1.43. The summed E-state index contributed by atoms with van der Waals surface area (Å²) < 4.78 is 2.75. The van der Waals surface area contributed by atoms with Gasteiger partial charge in [-0.1, -0.05) is 40.8 Å².